The van der Waals surface area contributed by atoms with Gasteiger partial charge in [0, 0.05) is 25.0 Å². The minimum Gasteiger partial charge on any atom is -0.332 e. The molecule has 5 heteroatoms. The maximum absolute atomic E-state index is 12.9. The van der Waals surface area contributed by atoms with Crippen molar-refractivity contribution in [1.82, 2.24) is 9.80 Å². The highest BCUT2D eigenvalue weighted by Gasteiger charge is 2.40. The first kappa shape index (κ1) is 15.6. The van der Waals surface area contributed by atoms with E-state index in [0.29, 0.717) is 6.54 Å². The fraction of sp³-hybridized carbons (Fsp3) is 0.579. The number of benzene rings is 1. The second-order valence-electron chi connectivity index (χ2n) is 7.38. The van der Waals surface area contributed by atoms with Crippen LogP contribution >= 0.6 is 0 Å². The maximum atomic E-state index is 12.9. The lowest BCUT2D eigenvalue weighted by atomic mass is 9.84. The zero-order valence-corrected chi connectivity index (χ0v) is 14.0. The molecule has 2 heterocycles. The molecule has 1 aliphatic carbocycles. The van der Waals surface area contributed by atoms with Crippen LogP contribution in [-0.4, -0.2) is 47.3 Å². The van der Waals surface area contributed by atoms with Crippen molar-refractivity contribution >= 4 is 11.8 Å². The van der Waals surface area contributed by atoms with Gasteiger partial charge in [-0.25, -0.2) is 0 Å². The van der Waals surface area contributed by atoms with E-state index in [2.05, 4.69) is 12.1 Å². The van der Waals surface area contributed by atoms with Crippen LogP contribution < -0.4 is 5.73 Å². The monoisotopic (exact) mass is 327 g/mol. The molecule has 0 spiro atoms. The van der Waals surface area contributed by atoms with Crippen molar-refractivity contribution in [1.29, 1.82) is 0 Å². The normalized spacial score (nSPS) is 29.9. The van der Waals surface area contributed by atoms with E-state index in [4.69, 9.17) is 5.73 Å². The van der Waals surface area contributed by atoms with Gasteiger partial charge in [-0.15, -0.1) is 0 Å². The molecule has 0 radical (unpaired) electrons. The van der Waals surface area contributed by atoms with Crippen LogP contribution in [0.15, 0.2) is 24.3 Å². The van der Waals surface area contributed by atoms with E-state index in [0.717, 1.165) is 38.6 Å². The molecule has 128 valence electrons. The summed E-state index contributed by atoms with van der Waals surface area (Å²) in [4.78, 5) is 29.3. The lowest BCUT2D eigenvalue weighted by Crippen LogP contribution is -2.56. The summed E-state index contributed by atoms with van der Waals surface area (Å²) in [6.45, 7) is 1.63. The number of carbonyl (C=O) groups excluding carboxylic acids is 2. The van der Waals surface area contributed by atoms with E-state index in [-0.39, 0.29) is 36.4 Å². The third-order valence-corrected chi connectivity index (χ3v) is 5.88. The van der Waals surface area contributed by atoms with Crippen molar-refractivity contribution in [2.75, 3.05) is 19.6 Å². The van der Waals surface area contributed by atoms with Gasteiger partial charge in [0.2, 0.25) is 11.8 Å². The molecule has 1 saturated carbocycles. The number of fused-ring (bicyclic) bond motifs is 3. The Labute approximate surface area is 142 Å². The molecule has 24 heavy (non-hydrogen) atoms. The van der Waals surface area contributed by atoms with Crippen LogP contribution in [0.25, 0.3) is 0 Å². The summed E-state index contributed by atoms with van der Waals surface area (Å²) < 4.78 is 0. The van der Waals surface area contributed by atoms with Crippen LogP contribution in [0.3, 0.4) is 0 Å². The lowest BCUT2D eigenvalue weighted by Gasteiger charge is -2.45. The highest BCUT2D eigenvalue weighted by Crippen LogP contribution is 2.34. The first-order valence-electron chi connectivity index (χ1n) is 9.05. The van der Waals surface area contributed by atoms with Crippen LogP contribution in [0.2, 0.25) is 0 Å². The Hall–Kier alpha value is -1.88. The number of carbonyl (C=O) groups is 2. The molecule has 1 atom stereocenters. The van der Waals surface area contributed by atoms with E-state index in [1.807, 2.05) is 17.0 Å². The number of amides is 2. The van der Waals surface area contributed by atoms with Gasteiger partial charge in [0.15, 0.2) is 0 Å². The van der Waals surface area contributed by atoms with E-state index >= 15 is 0 Å². The molecule has 2 amide bonds. The predicted octanol–water partition coefficient (Wildman–Crippen LogP) is 1.47. The SMILES string of the molecule is NC1CCC(C(=O)N2CC(=O)N3CCc4ccccc4C3C2)CC1. The van der Waals surface area contributed by atoms with Crippen LogP contribution in [0.5, 0.6) is 0 Å². The first-order chi connectivity index (χ1) is 11.6. The summed E-state index contributed by atoms with van der Waals surface area (Å²) in [5, 5.41) is 0. The Balaban J connectivity index is 1.54. The number of hydrogen-bond acceptors (Lipinski definition) is 3. The van der Waals surface area contributed by atoms with Crippen molar-refractivity contribution in [3.05, 3.63) is 35.4 Å². The molecule has 0 aromatic heterocycles. The van der Waals surface area contributed by atoms with Crippen molar-refractivity contribution in [2.45, 2.75) is 44.2 Å². The summed E-state index contributed by atoms with van der Waals surface area (Å²) in [5.74, 6) is 0.280. The van der Waals surface area contributed by atoms with Crippen molar-refractivity contribution in [3.8, 4) is 0 Å². The summed E-state index contributed by atoms with van der Waals surface area (Å²) in [5.41, 5.74) is 8.47. The topological polar surface area (TPSA) is 66.6 Å². The van der Waals surface area contributed by atoms with E-state index in [1.165, 1.54) is 11.1 Å². The first-order valence-corrected chi connectivity index (χ1v) is 9.05. The minimum absolute atomic E-state index is 0.0194. The van der Waals surface area contributed by atoms with Crippen LogP contribution in [0.4, 0.5) is 0 Å². The summed E-state index contributed by atoms with van der Waals surface area (Å²) in [6, 6.07) is 8.57. The van der Waals surface area contributed by atoms with Gasteiger partial charge < -0.3 is 15.5 Å². The summed E-state index contributed by atoms with van der Waals surface area (Å²) in [7, 11) is 0. The molecule has 5 nitrogen and oxygen atoms in total. The van der Waals surface area contributed by atoms with Gasteiger partial charge in [0.25, 0.3) is 0 Å². The van der Waals surface area contributed by atoms with Crippen molar-refractivity contribution in [3.63, 3.8) is 0 Å². The Morgan fingerprint density at radius 2 is 1.88 bits per heavy atom. The minimum atomic E-state index is 0.0194. The predicted molar refractivity (Wildman–Crippen MR) is 91.1 cm³/mol. The van der Waals surface area contributed by atoms with Crippen LogP contribution in [-0.2, 0) is 16.0 Å². The molecule has 1 unspecified atom stereocenters. The Kier molecular flexibility index (Phi) is 4.04. The van der Waals surface area contributed by atoms with E-state index in [9.17, 15) is 9.59 Å². The summed E-state index contributed by atoms with van der Waals surface area (Å²) in [6.07, 6.45) is 4.45. The van der Waals surface area contributed by atoms with E-state index in [1.54, 1.807) is 4.90 Å². The largest absolute Gasteiger partial charge is 0.332 e. The molecule has 4 rings (SSSR count). The average Bonchev–Trinajstić information content (AvgIpc) is 2.61. The molecular weight excluding hydrogens is 302 g/mol. The van der Waals surface area contributed by atoms with Crippen molar-refractivity contribution < 1.29 is 9.59 Å². The molecule has 1 aromatic carbocycles. The smallest absolute Gasteiger partial charge is 0.242 e. The average molecular weight is 327 g/mol. The van der Waals surface area contributed by atoms with Crippen LogP contribution in [0, 0.1) is 5.92 Å². The van der Waals surface area contributed by atoms with Gasteiger partial charge in [-0.1, -0.05) is 24.3 Å². The molecule has 0 bridgehead atoms. The molecule has 3 aliphatic rings. The van der Waals surface area contributed by atoms with Gasteiger partial charge in [-0.05, 0) is 43.2 Å². The Morgan fingerprint density at radius 3 is 2.67 bits per heavy atom. The van der Waals surface area contributed by atoms with E-state index < -0.39 is 0 Å². The van der Waals surface area contributed by atoms with Crippen molar-refractivity contribution in [2.24, 2.45) is 11.7 Å². The number of hydrogen-bond donors (Lipinski definition) is 1. The second kappa shape index (κ2) is 6.20. The standard InChI is InChI=1S/C19H25N3O2/c20-15-7-5-14(6-8-15)19(24)21-11-17-16-4-2-1-3-13(16)9-10-22(17)18(23)12-21/h1-4,14-15,17H,5-12,20H2. The third-order valence-electron chi connectivity index (χ3n) is 5.88. The van der Waals surface area contributed by atoms with Crippen LogP contribution in [0.1, 0.15) is 42.9 Å². The van der Waals surface area contributed by atoms with Gasteiger partial charge in [0.05, 0.1) is 12.6 Å². The third kappa shape index (κ3) is 2.71. The molecule has 1 aromatic rings. The Morgan fingerprint density at radius 1 is 1.12 bits per heavy atom. The van der Waals surface area contributed by atoms with Gasteiger partial charge in [0.1, 0.15) is 0 Å². The Bertz CT molecular complexity index is 652. The number of nitrogens with zero attached hydrogens (tertiary/aromatic N) is 2. The fourth-order valence-corrected chi connectivity index (χ4v) is 4.47. The quantitative estimate of drug-likeness (QED) is 0.849. The van der Waals surface area contributed by atoms with Gasteiger partial charge in [-0.3, -0.25) is 9.59 Å². The highest BCUT2D eigenvalue weighted by molar-refractivity contribution is 5.87. The molecule has 1 saturated heterocycles. The zero-order chi connectivity index (χ0) is 16.7. The molecule has 2 fully saturated rings. The number of nitrogens with two attached hydrogens (primary N) is 1. The molecule has 2 aliphatic heterocycles. The molecular formula is C19H25N3O2. The number of piperazine rings is 1. The lowest BCUT2D eigenvalue weighted by molar-refractivity contribution is -0.152. The van der Waals surface area contributed by atoms with Gasteiger partial charge >= 0.3 is 0 Å². The molecule has 2 N–H and O–H groups in total. The highest BCUT2D eigenvalue weighted by atomic mass is 16.2. The maximum Gasteiger partial charge on any atom is 0.242 e. The van der Waals surface area contributed by atoms with Gasteiger partial charge in [-0.2, -0.15) is 0 Å². The summed E-state index contributed by atoms with van der Waals surface area (Å²) >= 11 is 0. The fourth-order valence-electron chi connectivity index (χ4n) is 4.47. The zero-order valence-electron chi connectivity index (χ0n) is 14.0. The second-order valence-corrected chi connectivity index (χ2v) is 7.38. The number of rotatable bonds is 1.